The molecule has 1 aromatic rings. The predicted octanol–water partition coefficient (Wildman–Crippen LogP) is 0.935. The van der Waals surface area contributed by atoms with Gasteiger partial charge in [0.25, 0.3) is 5.91 Å². The van der Waals surface area contributed by atoms with E-state index in [9.17, 15) is 9.59 Å². The van der Waals surface area contributed by atoms with Crippen molar-refractivity contribution in [2.75, 3.05) is 13.7 Å². The Morgan fingerprint density at radius 1 is 1.50 bits per heavy atom. The van der Waals surface area contributed by atoms with Gasteiger partial charge in [-0.2, -0.15) is 0 Å². The normalized spacial score (nSPS) is 11.9. The van der Waals surface area contributed by atoms with E-state index in [0.717, 1.165) is 12.6 Å². The summed E-state index contributed by atoms with van der Waals surface area (Å²) in [6.07, 6.45) is 1.90. The average molecular weight is 252 g/mol. The molecule has 0 saturated heterocycles. The van der Waals surface area contributed by atoms with E-state index in [4.69, 9.17) is 9.84 Å². The van der Waals surface area contributed by atoms with Crippen LogP contribution in [0.25, 0.3) is 0 Å². The van der Waals surface area contributed by atoms with E-state index < -0.39 is 5.97 Å². The second kappa shape index (κ2) is 6.70. The Hall–Kier alpha value is -1.95. The van der Waals surface area contributed by atoms with Gasteiger partial charge in [0, 0.05) is 13.3 Å². The maximum absolute atomic E-state index is 11.8. The van der Waals surface area contributed by atoms with E-state index in [2.05, 4.69) is 10.3 Å². The maximum Gasteiger partial charge on any atom is 0.337 e. The first-order valence-electron chi connectivity index (χ1n) is 5.57. The number of carboxylic acid groups (broad SMARTS) is 1. The molecule has 0 spiro atoms. The Labute approximate surface area is 105 Å². The highest BCUT2D eigenvalue weighted by Crippen LogP contribution is 2.01. The summed E-state index contributed by atoms with van der Waals surface area (Å²) in [6.45, 7) is 2.36. The summed E-state index contributed by atoms with van der Waals surface area (Å²) in [5.41, 5.74) is 0.241. The number of aromatic nitrogens is 1. The van der Waals surface area contributed by atoms with Crippen LogP contribution in [0.3, 0.4) is 0 Å². The van der Waals surface area contributed by atoms with Gasteiger partial charge in [-0.3, -0.25) is 9.78 Å². The minimum atomic E-state index is -1.07. The monoisotopic (exact) mass is 252 g/mol. The lowest BCUT2D eigenvalue weighted by atomic mass is 10.2. The van der Waals surface area contributed by atoms with Crippen molar-refractivity contribution in [2.24, 2.45) is 0 Å². The van der Waals surface area contributed by atoms with Crippen molar-refractivity contribution < 1.29 is 19.4 Å². The largest absolute Gasteiger partial charge is 0.478 e. The molecule has 1 atom stereocenters. The first kappa shape index (κ1) is 14.1. The number of carbonyl (C=O) groups excluding carboxylic acids is 1. The molecule has 1 amide bonds. The Kier molecular flexibility index (Phi) is 5.26. The van der Waals surface area contributed by atoms with Crippen LogP contribution in [0.2, 0.25) is 0 Å². The maximum atomic E-state index is 11.8. The van der Waals surface area contributed by atoms with E-state index in [1.807, 2.05) is 6.92 Å². The molecule has 6 nitrogen and oxygen atoms in total. The molecular weight excluding hydrogens is 236 g/mol. The Balaban J connectivity index is 2.69. The lowest BCUT2D eigenvalue weighted by Gasteiger charge is -2.15. The average Bonchev–Trinajstić information content (AvgIpc) is 2.38. The van der Waals surface area contributed by atoms with Gasteiger partial charge >= 0.3 is 5.97 Å². The van der Waals surface area contributed by atoms with Crippen molar-refractivity contribution in [2.45, 2.75) is 19.4 Å². The molecular formula is C12H16N2O4. The minimum Gasteiger partial charge on any atom is -0.478 e. The van der Waals surface area contributed by atoms with Gasteiger partial charge in [-0.25, -0.2) is 4.79 Å². The fraction of sp³-hybridized carbons (Fsp3) is 0.417. The number of pyridine rings is 1. The number of amides is 1. The van der Waals surface area contributed by atoms with Crippen LogP contribution in [-0.2, 0) is 4.74 Å². The Morgan fingerprint density at radius 2 is 2.22 bits per heavy atom. The molecule has 6 heteroatoms. The molecule has 0 saturated carbocycles. The number of ether oxygens (including phenoxy) is 1. The molecule has 1 aromatic heterocycles. The quantitative estimate of drug-likeness (QED) is 0.786. The van der Waals surface area contributed by atoms with Gasteiger partial charge in [-0.15, -0.1) is 0 Å². The van der Waals surface area contributed by atoms with Gasteiger partial charge < -0.3 is 15.2 Å². The molecule has 0 aromatic carbocycles. The summed E-state index contributed by atoms with van der Waals surface area (Å²) in [6, 6.07) is 2.66. The van der Waals surface area contributed by atoms with Gasteiger partial charge in [0.1, 0.15) is 5.69 Å². The summed E-state index contributed by atoms with van der Waals surface area (Å²) in [4.78, 5) is 26.2. The van der Waals surface area contributed by atoms with Crippen molar-refractivity contribution in [3.8, 4) is 0 Å². The highest BCUT2D eigenvalue weighted by molar-refractivity contribution is 5.93. The molecule has 0 aliphatic rings. The van der Waals surface area contributed by atoms with Crippen LogP contribution < -0.4 is 5.32 Å². The third-order valence-corrected chi connectivity index (χ3v) is 2.44. The Morgan fingerprint density at radius 3 is 2.67 bits per heavy atom. The van der Waals surface area contributed by atoms with Crippen molar-refractivity contribution in [1.29, 1.82) is 0 Å². The van der Waals surface area contributed by atoms with Crippen molar-refractivity contribution in [3.63, 3.8) is 0 Å². The molecule has 1 heterocycles. The van der Waals surface area contributed by atoms with Crippen LogP contribution in [0.15, 0.2) is 18.3 Å². The number of hydrogen-bond donors (Lipinski definition) is 2. The second-order valence-corrected chi connectivity index (χ2v) is 3.77. The van der Waals surface area contributed by atoms with Crippen molar-refractivity contribution in [3.05, 3.63) is 29.6 Å². The molecule has 0 bridgehead atoms. The third kappa shape index (κ3) is 3.81. The number of carboxylic acids is 1. The summed E-state index contributed by atoms with van der Waals surface area (Å²) < 4.78 is 4.97. The van der Waals surface area contributed by atoms with E-state index >= 15 is 0 Å². The van der Waals surface area contributed by atoms with E-state index in [-0.39, 0.29) is 23.2 Å². The molecule has 2 N–H and O–H groups in total. The highest BCUT2D eigenvalue weighted by atomic mass is 16.5. The smallest absolute Gasteiger partial charge is 0.337 e. The molecule has 0 radical (unpaired) electrons. The molecule has 18 heavy (non-hydrogen) atoms. The fourth-order valence-electron chi connectivity index (χ4n) is 1.38. The summed E-state index contributed by atoms with van der Waals surface area (Å²) >= 11 is 0. The molecule has 1 unspecified atom stereocenters. The number of rotatable bonds is 6. The highest BCUT2D eigenvalue weighted by Gasteiger charge is 2.13. The van der Waals surface area contributed by atoms with Crippen molar-refractivity contribution in [1.82, 2.24) is 10.3 Å². The van der Waals surface area contributed by atoms with Gasteiger partial charge in [-0.05, 0) is 18.6 Å². The van der Waals surface area contributed by atoms with Crippen LogP contribution >= 0.6 is 0 Å². The lowest BCUT2D eigenvalue weighted by molar-refractivity contribution is 0.0695. The van der Waals surface area contributed by atoms with Crippen LogP contribution in [0.1, 0.15) is 34.2 Å². The molecule has 0 fully saturated rings. The first-order valence-corrected chi connectivity index (χ1v) is 5.57. The van der Waals surface area contributed by atoms with Gasteiger partial charge in [0.15, 0.2) is 0 Å². The number of hydrogen-bond acceptors (Lipinski definition) is 4. The number of nitrogens with zero attached hydrogens (tertiary/aromatic N) is 1. The number of carbonyl (C=O) groups is 2. The standard InChI is InChI=1S/C12H16N2O4/c1-3-9(7-18-2)14-11(15)10-5-4-8(6-13-10)12(16)17/h4-6,9H,3,7H2,1-2H3,(H,14,15)(H,16,17). The van der Waals surface area contributed by atoms with Gasteiger partial charge in [0.05, 0.1) is 18.2 Å². The van der Waals surface area contributed by atoms with E-state index in [1.54, 1.807) is 7.11 Å². The Bertz CT molecular complexity index is 417. The third-order valence-electron chi connectivity index (χ3n) is 2.44. The van der Waals surface area contributed by atoms with Crippen LogP contribution in [-0.4, -0.2) is 41.7 Å². The molecule has 98 valence electrons. The fourth-order valence-corrected chi connectivity index (χ4v) is 1.38. The predicted molar refractivity (Wildman–Crippen MR) is 64.6 cm³/mol. The van der Waals surface area contributed by atoms with Crippen LogP contribution in [0.5, 0.6) is 0 Å². The molecule has 0 aliphatic carbocycles. The number of methoxy groups -OCH3 is 1. The summed E-state index contributed by atoms with van der Waals surface area (Å²) in [5, 5.41) is 11.5. The summed E-state index contributed by atoms with van der Waals surface area (Å²) in [7, 11) is 1.56. The minimum absolute atomic E-state index is 0.0514. The lowest BCUT2D eigenvalue weighted by Crippen LogP contribution is -2.37. The number of aromatic carboxylic acids is 1. The first-order chi connectivity index (χ1) is 8.58. The van der Waals surface area contributed by atoms with Crippen LogP contribution in [0, 0.1) is 0 Å². The van der Waals surface area contributed by atoms with E-state index in [1.165, 1.54) is 12.1 Å². The van der Waals surface area contributed by atoms with Gasteiger partial charge in [-0.1, -0.05) is 6.92 Å². The second-order valence-electron chi connectivity index (χ2n) is 3.77. The van der Waals surface area contributed by atoms with Gasteiger partial charge in [0.2, 0.25) is 0 Å². The zero-order valence-electron chi connectivity index (χ0n) is 10.3. The topological polar surface area (TPSA) is 88.5 Å². The SMILES string of the molecule is CCC(COC)NC(=O)c1ccc(C(=O)O)cn1. The molecule has 1 rings (SSSR count). The van der Waals surface area contributed by atoms with E-state index in [0.29, 0.717) is 6.61 Å². The van der Waals surface area contributed by atoms with Crippen molar-refractivity contribution >= 4 is 11.9 Å². The summed E-state index contributed by atoms with van der Waals surface area (Å²) in [5.74, 6) is -1.41. The zero-order chi connectivity index (χ0) is 13.5. The van der Waals surface area contributed by atoms with Crippen LogP contribution in [0.4, 0.5) is 0 Å². The zero-order valence-corrected chi connectivity index (χ0v) is 10.3. The number of nitrogens with one attached hydrogen (secondary N) is 1. The molecule has 0 aliphatic heterocycles.